The van der Waals surface area contributed by atoms with E-state index >= 15 is 0 Å². The van der Waals surface area contributed by atoms with Gasteiger partial charge in [-0.05, 0) is 48.4 Å². The van der Waals surface area contributed by atoms with Gasteiger partial charge in [0.25, 0.3) is 0 Å². The second-order valence-corrected chi connectivity index (χ2v) is 12.6. The van der Waals surface area contributed by atoms with Crippen LogP contribution in [0.1, 0.15) is 24.9 Å². The van der Waals surface area contributed by atoms with Crippen molar-refractivity contribution in [2.45, 2.75) is 19.5 Å². The van der Waals surface area contributed by atoms with Crippen LogP contribution in [0.2, 0.25) is 0 Å². The predicted molar refractivity (Wildman–Crippen MR) is 156 cm³/mol. The molecule has 39 heavy (non-hydrogen) atoms. The number of hydrogen-bond donors (Lipinski definition) is 0. The van der Waals surface area contributed by atoms with Gasteiger partial charge in [0, 0.05) is 0 Å². The molecule has 0 atom stereocenters. The van der Waals surface area contributed by atoms with Gasteiger partial charge in [-0.2, -0.15) is 0 Å². The average Bonchev–Trinajstić information content (AvgIpc) is 3.78. The molecule has 6 aromatic rings. The highest BCUT2D eigenvalue weighted by molar-refractivity contribution is 7.95. The second-order valence-electron chi connectivity index (χ2n) is 9.13. The van der Waals surface area contributed by atoms with Crippen molar-refractivity contribution in [3.63, 3.8) is 0 Å². The van der Waals surface area contributed by atoms with E-state index in [1.54, 1.807) is 12.5 Å². The van der Waals surface area contributed by atoms with Gasteiger partial charge in [-0.1, -0.05) is 68.1 Å². The van der Waals surface area contributed by atoms with Crippen LogP contribution in [0.4, 0.5) is 0 Å². The number of allylic oxidation sites excluding steroid dienone is 1. The molecule has 0 amide bonds. The van der Waals surface area contributed by atoms with Gasteiger partial charge in [-0.3, -0.25) is 0 Å². The molecule has 0 fully saturated rings. The highest BCUT2D eigenvalue weighted by Gasteiger charge is 2.47. The summed E-state index contributed by atoms with van der Waals surface area (Å²) in [6, 6.07) is 31.9. The molecular formula is C32H27N3O3P+. The molecule has 3 aromatic carbocycles. The van der Waals surface area contributed by atoms with Crippen molar-refractivity contribution in [1.82, 2.24) is 15.0 Å². The van der Waals surface area contributed by atoms with Crippen molar-refractivity contribution in [3.05, 3.63) is 128 Å². The van der Waals surface area contributed by atoms with Gasteiger partial charge in [-0.15, -0.1) is 0 Å². The monoisotopic (exact) mass is 532 g/mol. The fourth-order valence-electron chi connectivity index (χ4n) is 4.68. The standard InChI is InChI=1S/C32H27N3O3P/c1-3-23(2)27-19-37-32(34-27)29-21-38-31(35-29)28-20-36-30(33-28)22-39(24-13-7-4-8-14-24,25-15-9-5-10-16-25)26-17-11-6-12-18-26/h4-21H,2-3,22H2,1H3/q+1. The number of nitrogens with zero attached hydrogens (tertiary/aromatic N) is 3. The topological polar surface area (TPSA) is 78.1 Å². The maximum Gasteiger partial charge on any atom is 0.249 e. The Hall–Kier alpha value is -4.54. The number of oxazole rings is 3. The minimum absolute atomic E-state index is 0.345. The van der Waals surface area contributed by atoms with Crippen molar-refractivity contribution in [2.75, 3.05) is 0 Å². The minimum atomic E-state index is -2.15. The first-order valence-corrected chi connectivity index (χ1v) is 14.7. The number of aromatic nitrogens is 3. The Morgan fingerprint density at radius 1 is 0.641 bits per heavy atom. The summed E-state index contributed by atoms with van der Waals surface area (Å²) in [5.41, 5.74) is 2.62. The zero-order chi connectivity index (χ0) is 26.7. The summed E-state index contributed by atoms with van der Waals surface area (Å²) < 4.78 is 17.4. The van der Waals surface area contributed by atoms with Crippen molar-refractivity contribution in [2.24, 2.45) is 0 Å². The zero-order valence-electron chi connectivity index (χ0n) is 21.5. The van der Waals surface area contributed by atoms with Crippen LogP contribution in [-0.2, 0) is 6.16 Å². The van der Waals surface area contributed by atoms with E-state index in [0.717, 1.165) is 12.0 Å². The molecule has 7 heteroatoms. The van der Waals surface area contributed by atoms with Gasteiger partial charge in [0.1, 0.15) is 53.8 Å². The third-order valence-corrected chi connectivity index (χ3v) is 11.0. The average molecular weight is 533 g/mol. The summed E-state index contributed by atoms with van der Waals surface area (Å²) in [5.74, 6) is 1.34. The summed E-state index contributed by atoms with van der Waals surface area (Å²) in [7, 11) is -2.15. The van der Waals surface area contributed by atoms with E-state index in [-0.39, 0.29) is 0 Å². The lowest BCUT2D eigenvalue weighted by atomic mass is 10.2. The van der Waals surface area contributed by atoms with E-state index in [9.17, 15) is 0 Å². The van der Waals surface area contributed by atoms with Gasteiger partial charge < -0.3 is 13.3 Å². The Bertz CT molecular complexity index is 1590. The molecule has 0 bridgehead atoms. The molecule has 6 rings (SSSR count). The van der Waals surface area contributed by atoms with Crippen molar-refractivity contribution < 1.29 is 13.3 Å². The van der Waals surface area contributed by atoms with Gasteiger partial charge in [0.2, 0.25) is 17.7 Å². The number of benzene rings is 3. The molecule has 3 aromatic heterocycles. The molecule has 0 saturated carbocycles. The molecule has 0 aliphatic heterocycles. The third-order valence-electron chi connectivity index (χ3n) is 6.75. The van der Waals surface area contributed by atoms with Gasteiger partial charge >= 0.3 is 0 Å². The Labute approximate surface area is 227 Å². The lowest BCUT2D eigenvalue weighted by Gasteiger charge is -2.26. The lowest BCUT2D eigenvalue weighted by Crippen LogP contribution is -2.32. The molecule has 192 valence electrons. The number of hydrogen-bond acceptors (Lipinski definition) is 6. The van der Waals surface area contributed by atoms with E-state index in [2.05, 4.69) is 89.3 Å². The van der Waals surface area contributed by atoms with E-state index in [0.29, 0.717) is 40.9 Å². The van der Waals surface area contributed by atoms with Crippen molar-refractivity contribution in [1.29, 1.82) is 0 Å². The van der Waals surface area contributed by atoms with Gasteiger partial charge in [0.05, 0.1) is 0 Å². The van der Waals surface area contributed by atoms with Crippen LogP contribution in [-0.4, -0.2) is 15.0 Å². The lowest BCUT2D eigenvalue weighted by molar-refractivity contribution is 0.515. The van der Waals surface area contributed by atoms with Crippen LogP contribution < -0.4 is 15.9 Å². The summed E-state index contributed by atoms with van der Waals surface area (Å²) >= 11 is 0. The van der Waals surface area contributed by atoms with E-state index in [1.807, 2.05) is 25.1 Å². The highest BCUT2D eigenvalue weighted by atomic mass is 31.2. The van der Waals surface area contributed by atoms with Gasteiger partial charge in [0.15, 0.2) is 11.4 Å². The first-order valence-electron chi connectivity index (χ1n) is 12.8. The molecule has 0 unspecified atom stereocenters. The van der Waals surface area contributed by atoms with Crippen molar-refractivity contribution >= 4 is 28.7 Å². The molecule has 0 N–H and O–H groups in total. The Morgan fingerprint density at radius 3 is 1.69 bits per heavy atom. The maximum absolute atomic E-state index is 6.07. The molecule has 0 aliphatic rings. The van der Waals surface area contributed by atoms with E-state index in [1.165, 1.54) is 22.2 Å². The minimum Gasteiger partial charge on any atom is -0.444 e. The first kappa shape index (κ1) is 24.8. The Kier molecular flexibility index (Phi) is 6.78. The fourth-order valence-corrected chi connectivity index (χ4v) is 8.71. The molecule has 3 heterocycles. The van der Waals surface area contributed by atoms with Gasteiger partial charge in [-0.25, -0.2) is 15.0 Å². The van der Waals surface area contributed by atoms with E-state index in [4.69, 9.17) is 18.2 Å². The molecule has 0 aliphatic carbocycles. The molecule has 0 saturated heterocycles. The quantitative estimate of drug-likeness (QED) is 0.189. The summed E-state index contributed by atoms with van der Waals surface area (Å²) in [4.78, 5) is 13.9. The van der Waals surface area contributed by atoms with Crippen LogP contribution in [0.3, 0.4) is 0 Å². The third kappa shape index (κ3) is 4.75. The molecular weight excluding hydrogens is 505 g/mol. The summed E-state index contributed by atoms with van der Waals surface area (Å²) in [5, 5.41) is 3.77. The van der Waals surface area contributed by atoms with Crippen LogP contribution in [0.15, 0.2) is 130 Å². The second kappa shape index (κ2) is 10.7. The van der Waals surface area contributed by atoms with E-state index < -0.39 is 7.26 Å². The van der Waals surface area contributed by atoms with Crippen LogP contribution >= 0.6 is 7.26 Å². The molecule has 6 nitrogen and oxygen atoms in total. The Morgan fingerprint density at radius 2 is 1.13 bits per heavy atom. The molecule has 0 spiro atoms. The van der Waals surface area contributed by atoms with Crippen LogP contribution in [0.25, 0.3) is 28.7 Å². The number of rotatable bonds is 9. The normalized spacial score (nSPS) is 11.5. The predicted octanol–water partition coefficient (Wildman–Crippen LogP) is 6.90. The summed E-state index contributed by atoms with van der Waals surface area (Å²) in [6.07, 6.45) is 6.10. The largest absolute Gasteiger partial charge is 0.444 e. The van der Waals surface area contributed by atoms with Crippen LogP contribution in [0.5, 0.6) is 0 Å². The van der Waals surface area contributed by atoms with Crippen molar-refractivity contribution in [3.8, 4) is 23.2 Å². The van der Waals surface area contributed by atoms with Crippen LogP contribution in [0, 0.1) is 0 Å². The SMILES string of the molecule is C=C(CC)c1coc(-c2coc(-c3coc(C[P+](c4ccccc4)(c4ccccc4)c4ccccc4)n3)n2)n1. The highest BCUT2D eigenvalue weighted by Crippen LogP contribution is 2.58. The first-order chi connectivity index (χ1) is 19.2. The fraction of sp³-hybridized carbons (Fsp3) is 0.0938. The smallest absolute Gasteiger partial charge is 0.249 e. The summed E-state index contributed by atoms with van der Waals surface area (Å²) in [6.45, 7) is 6.04. The maximum atomic E-state index is 6.07. The zero-order valence-corrected chi connectivity index (χ0v) is 22.4. The molecule has 0 radical (unpaired) electrons. The Balaban J connectivity index is 1.38.